The number of benzene rings is 1. The fourth-order valence-electron chi connectivity index (χ4n) is 2.55. The molecule has 0 unspecified atom stereocenters. The average molecular weight is 305 g/mol. The molecule has 0 spiro atoms. The van der Waals surface area contributed by atoms with Crippen molar-refractivity contribution in [1.82, 2.24) is 9.29 Å². The molecule has 112 valence electrons. The standard InChI is InChI=1S/C15H19N3O2S/c16-8-2-10-18(13-5-6-13)21(19,20)15-4-1-3-12-11-17-9-7-14(12)15/h1,3-4,7,9,11,13H,2,5-6,8,10,16H2. The Balaban J connectivity index is 2.06. The van der Waals surface area contributed by atoms with Gasteiger partial charge in [-0.15, -0.1) is 0 Å². The molecule has 0 atom stereocenters. The van der Waals surface area contributed by atoms with E-state index in [1.807, 2.05) is 6.07 Å². The van der Waals surface area contributed by atoms with E-state index in [0.29, 0.717) is 24.4 Å². The number of pyridine rings is 1. The number of nitrogens with two attached hydrogens (primary N) is 1. The van der Waals surface area contributed by atoms with Crippen LogP contribution in [-0.2, 0) is 10.0 Å². The van der Waals surface area contributed by atoms with E-state index >= 15 is 0 Å². The van der Waals surface area contributed by atoms with Crippen molar-refractivity contribution in [3.05, 3.63) is 36.7 Å². The maximum absolute atomic E-state index is 13.0. The topological polar surface area (TPSA) is 76.3 Å². The highest BCUT2D eigenvalue weighted by atomic mass is 32.2. The van der Waals surface area contributed by atoms with E-state index in [2.05, 4.69) is 4.98 Å². The summed E-state index contributed by atoms with van der Waals surface area (Å²) in [6, 6.07) is 7.22. The first-order chi connectivity index (χ1) is 10.1. The van der Waals surface area contributed by atoms with Crippen molar-refractivity contribution < 1.29 is 8.42 Å². The second kappa shape index (κ2) is 5.71. The lowest BCUT2D eigenvalue weighted by Crippen LogP contribution is -2.35. The highest BCUT2D eigenvalue weighted by molar-refractivity contribution is 7.89. The van der Waals surface area contributed by atoms with Crippen LogP contribution in [0.4, 0.5) is 0 Å². The van der Waals surface area contributed by atoms with Crippen LogP contribution in [0.2, 0.25) is 0 Å². The maximum atomic E-state index is 13.0. The first kappa shape index (κ1) is 14.4. The minimum atomic E-state index is -3.49. The van der Waals surface area contributed by atoms with Gasteiger partial charge < -0.3 is 5.73 Å². The molecule has 0 aliphatic heterocycles. The molecule has 6 heteroatoms. The van der Waals surface area contributed by atoms with Crippen LogP contribution in [0, 0.1) is 0 Å². The molecule has 0 radical (unpaired) electrons. The predicted molar refractivity (Wildman–Crippen MR) is 82.3 cm³/mol. The molecule has 1 saturated carbocycles. The monoisotopic (exact) mass is 305 g/mol. The number of fused-ring (bicyclic) bond motifs is 1. The predicted octanol–water partition coefficient (Wildman–Crippen LogP) is 1.74. The first-order valence-corrected chi connectivity index (χ1v) is 8.63. The summed E-state index contributed by atoms with van der Waals surface area (Å²) in [6.07, 6.45) is 5.88. The summed E-state index contributed by atoms with van der Waals surface area (Å²) in [4.78, 5) is 4.42. The summed E-state index contributed by atoms with van der Waals surface area (Å²) in [7, 11) is -3.49. The third-order valence-corrected chi connectivity index (χ3v) is 5.77. The Morgan fingerprint density at radius 1 is 1.29 bits per heavy atom. The number of rotatable bonds is 6. The van der Waals surface area contributed by atoms with Gasteiger partial charge in [0, 0.05) is 35.8 Å². The molecule has 2 N–H and O–H groups in total. The summed E-state index contributed by atoms with van der Waals surface area (Å²) in [6.45, 7) is 0.989. The van der Waals surface area contributed by atoms with Crippen molar-refractivity contribution in [2.75, 3.05) is 13.1 Å². The Kier molecular flexibility index (Phi) is 3.93. The normalized spacial score (nSPS) is 15.7. The summed E-state index contributed by atoms with van der Waals surface area (Å²) in [5.41, 5.74) is 5.54. The maximum Gasteiger partial charge on any atom is 0.243 e. The molecular formula is C15H19N3O2S. The van der Waals surface area contributed by atoms with Crippen LogP contribution in [-0.4, -0.2) is 36.8 Å². The zero-order valence-electron chi connectivity index (χ0n) is 11.8. The van der Waals surface area contributed by atoms with Crippen LogP contribution in [0.5, 0.6) is 0 Å². The van der Waals surface area contributed by atoms with Crippen LogP contribution in [0.3, 0.4) is 0 Å². The van der Waals surface area contributed by atoms with E-state index in [1.54, 1.807) is 34.9 Å². The van der Waals surface area contributed by atoms with Gasteiger partial charge in [-0.1, -0.05) is 12.1 Å². The Morgan fingerprint density at radius 3 is 2.81 bits per heavy atom. The van der Waals surface area contributed by atoms with Gasteiger partial charge in [0.05, 0.1) is 4.90 Å². The van der Waals surface area contributed by atoms with Crippen LogP contribution in [0.25, 0.3) is 10.8 Å². The SMILES string of the molecule is NCCCN(C1CC1)S(=O)(=O)c1cccc2cnccc12. The average Bonchev–Trinajstić information content (AvgIpc) is 3.31. The van der Waals surface area contributed by atoms with Gasteiger partial charge in [-0.3, -0.25) is 4.98 Å². The molecule has 1 fully saturated rings. The van der Waals surface area contributed by atoms with E-state index in [-0.39, 0.29) is 6.04 Å². The lowest BCUT2D eigenvalue weighted by Gasteiger charge is -2.22. The van der Waals surface area contributed by atoms with E-state index in [1.165, 1.54) is 0 Å². The molecule has 1 aliphatic rings. The Labute approximate surface area is 124 Å². The smallest absolute Gasteiger partial charge is 0.243 e. The van der Waals surface area contributed by atoms with Gasteiger partial charge in [-0.25, -0.2) is 8.42 Å². The van der Waals surface area contributed by atoms with E-state index < -0.39 is 10.0 Å². The molecule has 1 aliphatic carbocycles. The van der Waals surface area contributed by atoms with E-state index in [9.17, 15) is 8.42 Å². The third kappa shape index (κ3) is 2.79. The molecule has 3 rings (SSSR count). The second-order valence-corrected chi connectivity index (χ2v) is 7.20. The second-order valence-electron chi connectivity index (χ2n) is 5.34. The van der Waals surface area contributed by atoms with Gasteiger partial charge in [0.15, 0.2) is 0 Å². The molecule has 0 bridgehead atoms. The number of sulfonamides is 1. The minimum absolute atomic E-state index is 0.138. The molecule has 21 heavy (non-hydrogen) atoms. The van der Waals surface area contributed by atoms with Gasteiger partial charge in [0.2, 0.25) is 10.0 Å². The molecule has 1 aromatic heterocycles. The molecule has 0 saturated heterocycles. The largest absolute Gasteiger partial charge is 0.330 e. The zero-order valence-corrected chi connectivity index (χ0v) is 12.6. The number of aromatic nitrogens is 1. The number of hydrogen-bond acceptors (Lipinski definition) is 4. The van der Waals surface area contributed by atoms with Gasteiger partial charge in [0.1, 0.15) is 0 Å². The minimum Gasteiger partial charge on any atom is -0.330 e. The van der Waals surface area contributed by atoms with Crippen molar-refractivity contribution in [3.8, 4) is 0 Å². The summed E-state index contributed by atoms with van der Waals surface area (Å²) >= 11 is 0. The molecule has 5 nitrogen and oxygen atoms in total. The highest BCUT2D eigenvalue weighted by Crippen LogP contribution is 2.34. The van der Waals surface area contributed by atoms with Crippen LogP contribution in [0.1, 0.15) is 19.3 Å². The van der Waals surface area contributed by atoms with Crippen molar-refractivity contribution in [3.63, 3.8) is 0 Å². The lowest BCUT2D eigenvalue weighted by molar-refractivity contribution is 0.400. The first-order valence-electron chi connectivity index (χ1n) is 7.19. The Hall–Kier alpha value is -1.50. The van der Waals surface area contributed by atoms with E-state index in [0.717, 1.165) is 23.6 Å². The molecular weight excluding hydrogens is 286 g/mol. The molecule has 0 amide bonds. The lowest BCUT2D eigenvalue weighted by atomic mass is 10.2. The van der Waals surface area contributed by atoms with Gasteiger partial charge >= 0.3 is 0 Å². The quantitative estimate of drug-likeness (QED) is 0.882. The van der Waals surface area contributed by atoms with Crippen LogP contribution < -0.4 is 5.73 Å². The Morgan fingerprint density at radius 2 is 2.10 bits per heavy atom. The van der Waals surface area contributed by atoms with E-state index in [4.69, 9.17) is 5.73 Å². The fourth-order valence-corrected chi connectivity index (χ4v) is 4.49. The molecule has 1 aromatic carbocycles. The van der Waals surface area contributed by atoms with Crippen LogP contribution >= 0.6 is 0 Å². The number of hydrogen-bond donors (Lipinski definition) is 1. The Bertz CT molecular complexity index is 736. The zero-order chi connectivity index (χ0) is 14.9. The van der Waals surface area contributed by atoms with Gasteiger partial charge in [-0.05, 0) is 37.9 Å². The van der Waals surface area contributed by atoms with Crippen molar-refractivity contribution in [1.29, 1.82) is 0 Å². The summed E-state index contributed by atoms with van der Waals surface area (Å²) < 4.78 is 27.6. The third-order valence-electron chi connectivity index (χ3n) is 3.76. The van der Waals surface area contributed by atoms with Crippen molar-refractivity contribution in [2.45, 2.75) is 30.2 Å². The van der Waals surface area contributed by atoms with Crippen molar-refractivity contribution >= 4 is 20.8 Å². The van der Waals surface area contributed by atoms with Crippen LogP contribution in [0.15, 0.2) is 41.6 Å². The summed E-state index contributed by atoms with van der Waals surface area (Å²) in [5.74, 6) is 0. The summed E-state index contributed by atoms with van der Waals surface area (Å²) in [5, 5.41) is 1.57. The van der Waals surface area contributed by atoms with Crippen molar-refractivity contribution in [2.24, 2.45) is 5.73 Å². The fraction of sp³-hybridized carbons (Fsp3) is 0.400. The van der Waals surface area contributed by atoms with Gasteiger partial charge in [-0.2, -0.15) is 4.31 Å². The van der Waals surface area contributed by atoms with Gasteiger partial charge in [0.25, 0.3) is 0 Å². The number of nitrogens with zero attached hydrogens (tertiary/aromatic N) is 2. The highest BCUT2D eigenvalue weighted by Gasteiger charge is 2.38. The molecule has 2 aromatic rings. The molecule has 1 heterocycles.